The van der Waals surface area contributed by atoms with E-state index in [1.54, 1.807) is 16.4 Å². The van der Waals surface area contributed by atoms with Crippen LogP contribution in [0.5, 0.6) is 0 Å². The Labute approximate surface area is 126 Å². The molecule has 0 aromatic carbocycles. The zero-order chi connectivity index (χ0) is 12.5. The maximum absolute atomic E-state index is 12.4. The molecule has 2 heterocycles. The standard InChI is InChI=1S/C10H15BrN2O2S2.ClH/c11-9-4-5-10(16-9)17(14,15)13-6-2-1-3-8(13)7-12;/h4-5,8H,1-3,6-7,12H2;1H. The summed E-state index contributed by atoms with van der Waals surface area (Å²) in [5, 5.41) is 0. The number of nitrogens with zero attached hydrogens (tertiary/aromatic N) is 1. The normalized spacial score (nSPS) is 21.6. The molecule has 1 aliphatic heterocycles. The summed E-state index contributed by atoms with van der Waals surface area (Å²) in [6, 6.07) is 3.36. The van der Waals surface area contributed by atoms with Crippen LogP contribution in [0.3, 0.4) is 0 Å². The van der Waals surface area contributed by atoms with E-state index in [-0.39, 0.29) is 18.4 Å². The van der Waals surface area contributed by atoms with E-state index in [1.165, 1.54) is 11.3 Å². The average Bonchev–Trinajstić information content (AvgIpc) is 2.76. The summed E-state index contributed by atoms with van der Waals surface area (Å²) >= 11 is 4.54. The molecule has 1 saturated heterocycles. The van der Waals surface area contributed by atoms with Crippen molar-refractivity contribution in [2.24, 2.45) is 5.73 Å². The molecule has 1 atom stereocenters. The molecular formula is C10H16BrClN2O2S2. The number of hydrogen-bond donors (Lipinski definition) is 1. The Morgan fingerprint density at radius 3 is 2.72 bits per heavy atom. The van der Waals surface area contributed by atoms with Crippen LogP contribution in [0, 0.1) is 0 Å². The average molecular weight is 376 g/mol. The maximum atomic E-state index is 12.4. The van der Waals surface area contributed by atoms with Crippen molar-refractivity contribution in [2.75, 3.05) is 13.1 Å². The number of rotatable bonds is 3. The lowest BCUT2D eigenvalue weighted by molar-refractivity contribution is 0.258. The Hall–Kier alpha value is 0.340. The van der Waals surface area contributed by atoms with Gasteiger partial charge in [-0.05, 0) is 40.9 Å². The maximum Gasteiger partial charge on any atom is 0.252 e. The van der Waals surface area contributed by atoms with Gasteiger partial charge in [-0.25, -0.2) is 8.42 Å². The minimum Gasteiger partial charge on any atom is -0.329 e. The van der Waals surface area contributed by atoms with E-state index < -0.39 is 10.0 Å². The predicted molar refractivity (Wildman–Crippen MR) is 79.9 cm³/mol. The van der Waals surface area contributed by atoms with Crippen LogP contribution in [0.25, 0.3) is 0 Å². The molecule has 0 amide bonds. The molecule has 2 N–H and O–H groups in total. The van der Waals surface area contributed by atoms with Gasteiger partial charge in [-0.2, -0.15) is 4.31 Å². The molecule has 0 bridgehead atoms. The van der Waals surface area contributed by atoms with Gasteiger partial charge in [0, 0.05) is 19.1 Å². The minimum absolute atomic E-state index is 0. The Bertz CT molecular complexity index is 492. The highest BCUT2D eigenvalue weighted by atomic mass is 79.9. The Balaban J connectivity index is 0.00000162. The predicted octanol–water partition coefficient (Wildman–Crippen LogP) is 2.43. The van der Waals surface area contributed by atoms with Crippen molar-refractivity contribution in [3.05, 3.63) is 15.9 Å². The third kappa shape index (κ3) is 3.26. The highest BCUT2D eigenvalue weighted by molar-refractivity contribution is 9.11. The van der Waals surface area contributed by atoms with Gasteiger partial charge in [0.05, 0.1) is 3.79 Å². The largest absolute Gasteiger partial charge is 0.329 e. The number of nitrogens with two attached hydrogens (primary N) is 1. The van der Waals surface area contributed by atoms with Crippen LogP contribution in [-0.4, -0.2) is 31.9 Å². The fourth-order valence-corrected chi connectivity index (χ4v) is 5.92. The van der Waals surface area contributed by atoms with E-state index in [9.17, 15) is 8.42 Å². The molecule has 18 heavy (non-hydrogen) atoms. The minimum atomic E-state index is -3.36. The van der Waals surface area contributed by atoms with Crippen molar-refractivity contribution in [3.63, 3.8) is 0 Å². The van der Waals surface area contributed by atoms with E-state index in [0.29, 0.717) is 17.3 Å². The molecule has 0 saturated carbocycles. The first-order chi connectivity index (χ1) is 8.05. The van der Waals surface area contributed by atoms with Crippen LogP contribution in [0.1, 0.15) is 19.3 Å². The molecular weight excluding hydrogens is 360 g/mol. The van der Waals surface area contributed by atoms with Crippen molar-refractivity contribution in [1.82, 2.24) is 4.31 Å². The SMILES string of the molecule is Cl.NCC1CCCCN1S(=O)(=O)c1ccc(Br)s1. The molecule has 1 fully saturated rings. The first kappa shape index (κ1) is 16.4. The lowest BCUT2D eigenvalue weighted by Crippen LogP contribution is -2.47. The Kier molecular flexibility index (Phi) is 6.08. The second kappa shape index (κ2) is 6.67. The van der Waals surface area contributed by atoms with E-state index in [1.807, 2.05) is 0 Å². The van der Waals surface area contributed by atoms with E-state index in [2.05, 4.69) is 15.9 Å². The lowest BCUT2D eigenvalue weighted by Gasteiger charge is -2.33. The zero-order valence-corrected chi connectivity index (χ0v) is 13.7. The second-order valence-corrected chi connectivity index (χ2v) is 8.64. The number of halogens is 2. The van der Waals surface area contributed by atoms with Crippen LogP contribution in [0.4, 0.5) is 0 Å². The van der Waals surface area contributed by atoms with Crippen LogP contribution in [0.15, 0.2) is 20.1 Å². The molecule has 1 aliphatic rings. The third-order valence-corrected chi connectivity index (χ3v) is 7.00. The topological polar surface area (TPSA) is 63.4 Å². The highest BCUT2D eigenvalue weighted by Crippen LogP contribution is 2.31. The summed E-state index contributed by atoms with van der Waals surface area (Å²) in [6.45, 7) is 0.978. The van der Waals surface area contributed by atoms with Crippen LogP contribution in [0.2, 0.25) is 0 Å². The van der Waals surface area contributed by atoms with Gasteiger partial charge < -0.3 is 5.73 Å². The van der Waals surface area contributed by atoms with Crippen LogP contribution < -0.4 is 5.73 Å². The number of piperidine rings is 1. The molecule has 0 aliphatic carbocycles. The molecule has 1 unspecified atom stereocenters. The summed E-state index contributed by atoms with van der Waals surface area (Å²) in [5.41, 5.74) is 5.66. The van der Waals surface area contributed by atoms with E-state index in [4.69, 9.17) is 5.73 Å². The van der Waals surface area contributed by atoms with Crippen LogP contribution >= 0.6 is 39.7 Å². The molecule has 0 spiro atoms. The Morgan fingerprint density at radius 1 is 1.44 bits per heavy atom. The molecule has 8 heteroatoms. The fraction of sp³-hybridized carbons (Fsp3) is 0.600. The van der Waals surface area contributed by atoms with Gasteiger partial charge in [-0.15, -0.1) is 23.7 Å². The van der Waals surface area contributed by atoms with Crippen molar-refractivity contribution in [2.45, 2.75) is 29.5 Å². The number of thiophene rings is 1. The van der Waals surface area contributed by atoms with Gasteiger partial charge in [0.15, 0.2) is 0 Å². The zero-order valence-electron chi connectivity index (χ0n) is 9.71. The van der Waals surface area contributed by atoms with E-state index >= 15 is 0 Å². The molecule has 4 nitrogen and oxygen atoms in total. The summed E-state index contributed by atoms with van der Waals surface area (Å²) in [4.78, 5) is 0. The van der Waals surface area contributed by atoms with Gasteiger partial charge in [0.2, 0.25) is 0 Å². The quantitative estimate of drug-likeness (QED) is 0.882. The van der Waals surface area contributed by atoms with Gasteiger partial charge in [-0.1, -0.05) is 6.42 Å². The number of hydrogen-bond acceptors (Lipinski definition) is 4. The molecule has 0 radical (unpaired) electrons. The highest BCUT2D eigenvalue weighted by Gasteiger charge is 2.33. The van der Waals surface area contributed by atoms with Crippen molar-refractivity contribution >= 4 is 49.7 Å². The Morgan fingerprint density at radius 2 is 2.17 bits per heavy atom. The summed E-state index contributed by atoms with van der Waals surface area (Å²) in [5.74, 6) is 0. The molecule has 1 aromatic rings. The van der Waals surface area contributed by atoms with Crippen LogP contribution in [-0.2, 0) is 10.0 Å². The molecule has 104 valence electrons. The number of sulfonamides is 1. The smallest absolute Gasteiger partial charge is 0.252 e. The monoisotopic (exact) mass is 374 g/mol. The van der Waals surface area contributed by atoms with Gasteiger partial charge in [0.25, 0.3) is 10.0 Å². The van der Waals surface area contributed by atoms with Gasteiger partial charge >= 0.3 is 0 Å². The lowest BCUT2D eigenvalue weighted by atomic mass is 10.1. The van der Waals surface area contributed by atoms with Crippen molar-refractivity contribution in [3.8, 4) is 0 Å². The van der Waals surface area contributed by atoms with Gasteiger partial charge in [0.1, 0.15) is 4.21 Å². The second-order valence-electron chi connectivity index (χ2n) is 4.06. The molecule has 1 aromatic heterocycles. The fourth-order valence-electron chi connectivity index (χ4n) is 2.08. The summed E-state index contributed by atoms with van der Waals surface area (Å²) in [6.07, 6.45) is 2.84. The first-order valence-corrected chi connectivity index (χ1v) is 8.58. The van der Waals surface area contributed by atoms with E-state index in [0.717, 1.165) is 23.0 Å². The van der Waals surface area contributed by atoms with Crippen molar-refractivity contribution in [1.29, 1.82) is 0 Å². The van der Waals surface area contributed by atoms with Crippen molar-refractivity contribution < 1.29 is 8.42 Å². The third-order valence-electron chi connectivity index (χ3n) is 2.96. The summed E-state index contributed by atoms with van der Waals surface area (Å²) < 4.78 is 27.6. The molecule has 2 rings (SSSR count). The first-order valence-electron chi connectivity index (χ1n) is 5.53. The van der Waals surface area contributed by atoms with Gasteiger partial charge in [-0.3, -0.25) is 0 Å². The summed E-state index contributed by atoms with van der Waals surface area (Å²) in [7, 11) is -3.36.